The number of nitrogens with two attached hydrogens (primary N) is 2. The summed E-state index contributed by atoms with van der Waals surface area (Å²) < 4.78 is 26.8. The minimum absolute atomic E-state index is 0. The first kappa shape index (κ1) is 49.0. The Morgan fingerprint density at radius 2 is 1.21 bits per heavy atom. The standard InChI is InChI=1S/C25H35N5O2.C18H29N5O2.CH3F.2CH4/c1-2-3-15-32-25-27-23(26)22-16-21(31)18-30(24(22)28-25)14-11-19-9-12-29(13-10-19)17-20-7-5-4-6-8-20;1-2-3-10-25-18-21-16(19)15-11-14(24)12-23(17(15)22-18)9-6-13-4-7-20-8-5-13;1-2;;/h4-8,19H,2-3,9-18H2,1H3,(H2,26,27,28);13,20H,2-12H2,1H3,(H2,19,21,22);1H3;2*1H4/i;;1D;;. The van der Waals surface area contributed by atoms with Gasteiger partial charge >= 0.3 is 12.0 Å². The second-order valence-electron chi connectivity index (χ2n) is 16.0. The van der Waals surface area contributed by atoms with Crippen LogP contribution in [0.25, 0.3) is 0 Å². The van der Waals surface area contributed by atoms with Gasteiger partial charge in [0, 0.05) is 43.6 Å². The summed E-state index contributed by atoms with van der Waals surface area (Å²) in [5.74, 6) is 4.03. The van der Waals surface area contributed by atoms with Crippen molar-refractivity contribution in [3.63, 3.8) is 0 Å². The minimum Gasteiger partial charge on any atom is -0.463 e. The summed E-state index contributed by atoms with van der Waals surface area (Å²) in [5, 5.41) is 3.39. The van der Waals surface area contributed by atoms with Crippen LogP contribution in [0.3, 0.4) is 0 Å². The number of nitrogen functional groups attached to an aromatic ring is 2. The fourth-order valence-corrected chi connectivity index (χ4v) is 8.12. The van der Waals surface area contributed by atoms with Gasteiger partial charge in [-0.05, 0) is 94.9 Å². The highest BCUT2D eigenvalue weighted by atomic mass is 19.1. The highest BCUT2D eigenvalue weighted by Gasteiger charge is 2.30. The maximum atomic E-state index is 12.4. The maximum absolute atomic E-state index is 12.4. The first-order valence-electron chi connectivity index (χ1n) is 22.4. The zero-order valence-corrected chi connectivity index (χ0v) is 35.3. The summed E-state index contributed by atoms with van der Waals surface area (Å²) >= 11 is 0. The Labute approximate surface area is 366 Å². The quantitative estimate of drug-likeness (QED) is 0.127. The number of carbonyl (C=O) groups is 2. The molecule has 0 aliphatic carbocycles. The lowest BCUT2D eigenvalue weighted by Gasteiger charge is -2.34. The van der Waals surface area contributed by atoms with E-state index in [9.17, 15) is 14.0 Å². The van der Waals surface area contributed by atoms with Crippen LogP contribution >= 0.6 is 0 Å². The Hall–Kier alpha value is -4.63. The molecular formula is C46H75FN10O4. The molecule has 0 unspecified atom stereocenters. The largest absolute Gasteiger partial charge is 0.463 e. The van der Waals surface area contributed by atoms with Crippen LogP contribution in [-0.2, 0) is 29.0 Å². The van der Waals surface area contributed by atoms with Crippen LogP contribution in [0.15, 0.2) is 30.3 Å². The van der Waals surface area contributed by atoms with Crippen molar-refractivity contribution in [2.24, 2.45) is 11.8 Å². The van der Waals surface area contributed by atoms with Gasteiger partial charge in [-0.2, -0.15) is 19.9 Å². The zero-order valence-electron chi connectivity index (χ0n) is 36.3. The van der Waals surface area contributed by atoms with Crippen molar-refractivity contribution in [1.29, 1.82) is 0 Å². The summed E-state index contributed by atoms with van der Waals surface area (Å²) in [6.07, 6.45) is 11.6. The summed E-state index contributed by atoms with van der Waals surface area (Å²) in [6, 6.07) is 11.3. The van der Waals surface area contributed by atoms with Crippen LogP contribution < -0.4 is 36.1 Å². The second kappa shape index (κ2) is 26.6. The molecule has 7 rings (SSSR count). The first-order valence-corrected chi connectivity index (χ1v) is 21.6. The molecule has 61 heavy (non-hydrogen) atoms. The summed E-state index contributed by atoms with van der Waals surface area (Å²) in [4.78, 5) is 48.9. The lowest BCUT2D eigenvalue weighted by Crippen LogP contribution is -2.39. The van der Waals surface area contributed by atoms with E-state index >= 15 is 0 Å². The molecule has 0 spiro atoms. The van der Waals surface area contributed by atoms with Gasteiger partial charge in [0.25, 0.3) is 0 Å². The number of Topliss-reactive ketones (excluding diaryl/α,β-unsaturated/α-hetero) is 2. The van der Waals surface area contributed by atoms with Gasteiger partial charge in [0.15, 0.2) is 11.6 Å². The van der Waals surface area contributed by atoms with E-state index in [1.807, 2.05) is 0 Å². The van der Waals surface area contributed by atoms with Gasteiger partial charge in [-0.3, -0.25) is 18.9 Å². The van der Waals surface area contributed by atoms with Crippen LogP contribution in [-0.4, -0.2) is 109 Å². The number of fused-ring (bicyclic) bond motifs is 2. The Balaban J connectivity index is 0.000000309. The molecule has 4 aliphatic rings. The van der Waals surface area contributed by atoms with Gasteiger partial charge < -0.3 is 36.1 Å². The van der Waals surface area contributed by atoms with Crippen molar-refractivity contribution in [3.8, 4) is 12.0 Å². The van der Waals surface area contributed by atoms with E-state index in [4.69, 9.17) is 22.3 Å². The van der Waals surface area contributed by atoms with Crippen LogP contribution in [0.1, 0.15) is 111 Å². The minimum atomic E-state index is -1.00. The third-order valence-corrected chi connectivity index (χ3v) is 11.6. The van der Waals surface area contributed by atoms with Crippen molar-refractivity contribution < 1.29 is 24.8 Å². The van der Waals surface area contributed by atoms with Crippen LogP contribution in [0.5, 0.6) is 12.0 Å². The van der Waals surface area contributed by atoms with E-state index < -0.39 is 7.15 Å². The Morgan fingerprint density at radius 1 is 0.754 bits per heavy atom. The summed E-state index contributed by atoms with van der Waals surface area (Å²) in [6.45, 7) is 13.3. The van der Waals surface area contributed by atoms with Crippen molar-refractivity contribution in [2.75, 3.05) is 94.0 Å². The summed E-state index contributed by atoms with van der Waals surface area (Å²) in [7, 11) is -1.00. The molecule has 1 aromatic carbocycles. The van der Waals surface area contributed by atoms with Gasteiger partial charge in [0.1, 0.15) is 23.3 Å². The third-order valence-electron chi connectivity index (χ3n) is 11.6. The lowest BCUT2D eigenvalue weighted by molar-refractivity contribution is -0.118. The van der Waals surface area contributed by atoms with E-state index in [1.54, 1.807) is 0 Å². The van der Waals surface area contributed by atoms with Crippen LogP contribution in [0.2, 0.25) is 0 Å². The average molecular weight is 852 g/mol. The maximum Gasteiger partial charge on any atom is 0.320 e. The monoisotopic (exact) mass is 852 g/mol. The van der Waals surface area contributed by atoms with Crippen molar-refractivity contribution in [2.45, 2.75) is 112 Å². The molecule has 340 valence electrons. The highest BCUT2D eigenvalue weighted by Crippen LogP contribution is 2.32. The number of nitrogens with one attached hydrogen (secondary N) is 1. The van der Waals surface area contributed by atoms with Crippen molar-refractivity contribution in [1.82, 2.24) is 30.2 Å². The topological polar surface area (TPSA) is 178 Å². The molecule has 2 saturated heterocycles. The molecule has 0 saturated carbocycles. The molecule has 0 amide bonds. The number of alkyl halides is 1. The normalized spacial score (nSPS) is 16.9. The molecule has 3 aromatic rings. The fraction of sp³-hybridized carbons (Fsp3) is 0.652. The predicted molar refractivity (Wildman–Crippen MR) is 245 cm³/mol. The smallest absolute Gasteiger partial charge is 0.320 e. The number of ketones is 2. The van der Waals surface area contributed by atoms with Gasteiger partial charge in [0.05, 0.1) is 34.8 Å². The zero-order chi connectivity index (χ0) is 42.7. The van der Waals surface area contributed by atoms with Crippen LogP contribution in [0.4, 0.5) is 27.7 Å². The Bertz CT molecular complexity index is 1780. The third kappa shape index (κ3) is 15.3. The van der Waals surface area contributed by atoms with E-state index in [-0.39, 0.29) is 26.4 Å². The highest BCUT2D eigenvalue weighted by molar-refractivity contribution is 5.91. The van der Waals surface area contributed by atoms with Gasteiger partial charge in [0.2, 0.25) is 0 Å². The van der Waals surface area contributed by atoms with E-state index in [1.165, 1.54) is 31.2 Å². The Morgan fingerprint density at radius 3 is 1.67 bits per heavy atom. The molecule has 15 heteroatoms. The first-order chi connectivity index (χ1) is 29.2. The van der Waals surface area contributed by atoms with Gasteiger partial charge in [-0.1, -0.05) is 71.9 Å². The number of halogens is 1. The van der Waals surface area contributed by atoms with Gasteiger partial charge in [-0.15, -0.1) is 0 Å². The Kier molecular flexibility index (Phi) is 21.4. The number of aromatic nitrogens is 4. The number of hydrogen-bond acceptors (Lipinski definition) is 14. The number of ether oxygens (including phenoxy) is 2. The number of hydrogen-bond donors (Lipinski definition) is 3. The fourth-order valence-electron chi connectivity index (χ4n) is 8.12. The number of anilines is 4. The summed E-state index contributed by atoms with van der Waals surface area (Å²) in [5.41, 5.74) is 15.1. The molecule has 2 aromatic heterocycles. The molecule has 0 atom stereocenters. The number of piperidine rings is 2. The number of benzene rings is 1. The predicted octanol–water partition coefficient (Wildman–Crippen LogP) is 6.89. The SMILES string of the molecule is C.C.CCCCOc1nc(N)c2c(n1)N(CCC1CCN(Cc3ccccc3)CC1)CC(=O)C2.CCCCOc1nc(N)c2c(n1)N(CCC1CCNCC1)CC(=O)C2.[2H]CF. The van der Waals surface area contributed by atoms with E-state index in [0.29, 0.717) is 74.6 Å². The number of nitrogens with zero attached hydrogens (tertiary/aromatic N) is 7. The van der Waals surface area contributed by atoms with Crippen molar-refractivity contribution in [3.05, 3.63) is 47.0 Å². The van der Waals surface area contributed by atoms with E-state index in [2.05, 4.69) is 84.1 Å². The van der Waals surface area contributed by atoms with Gasteiger partial charge in [-0.25, -0.2) is 0 Å². The molecule has 2 fully saturated rings. The molecule has 0 bridgehead atoms. The molecular weight excluding hydrogens is 776 g/mol. The number of unbranched alkanes of at least 4 members (excludes halogenated alkanes) is 2. The van der Waals surface area contributed by atoms with Crippen LogP contribution in [0, 0.1) is 11.8 Å². The molecule has 0 radical (unpaired) electrons. The molecule has 5 N–H and O–H groups in total. The number of carbonyl (C=O) groups excluding carboxylic acids is 2. The second-order valence-corrected chi connectivity index (χ2v) is 16.0. The number of likely N-dealkylation sites (tertiary alicyclic amines) is 1. The lowest BCUT2D eigenvalue weighted by atomic mass is 9.92. The number of rotatable bonds is 16. The van der Waals surface area contributed by atoms with Crippen molar-refractivity contribution >= 4 is 34.8 Å². The molecule has 4 aliphatic heterocycles. The van der Waals surface area contributed by atoms with E-state index in [0.717, 1.165) is 107 Å². The molecule has 14 nitrogen and oxygen atoms in total. The average Bonchev–Trinajstić information content (AvgIpc) is 3.25. The molecule has 6 heterocycles.